The Kier molecular flexibility index (Phi) is 7.01. The number of hydrogen-bond donors (Lipinski definition) is 1. The summed E-state index contributed by atoms with van der Waals surface area (Å²) in [6.45, 7) is 5.33. The van der Waals surface area contributed by atoms with Crippen molar-refractivity contribution in [2.75, 3.05) is 19.6 Å². The molecule has 0 aromatic heterocycles. The first kappa shape index (κ1) is 18.1. The number of carbonyl (C=O) groups is 1. The highest BCUT2D eigenvalue weighted by atomic mass is 35.5. The number of halogens is 1. The third kappa shape index (κ3) is 4.17. The molecular formula is C18H33ClN2O. The molecule has 2 atom stereocenters. The van der Waals surface area contributed by atoms with Gasteiger partial charge in [-0.3, -0.25) is 4.79 Å². The molecule has 1 heterocycles. The Morgan fingerprint density at radius 3 is 2.41 bits per heavy atom. The van der Waals surface area contributed by atoms with E-state index in [4.69, 9.17) is 0 Å². The summed E-state index contributed by atoms with van der Waals surface area (Å²) in [5.41, 5.74) is 0. The van der Waals surface area contributed by atoms with Crippen LogP contribution < -0.4 is 5.32 Å². The molecule has 0 aromatic carbocycles. The fourth-order valence-corrected chi connectivity index (χ4v) is 4.63. The van der Waals surface area contributed by atoms with Gasteiger partial charge >= 0.3 is 0 Å². The van der Waals surface area contributed by atoms with Gasteiger partial charge in [0.15, 0.2) is 0 Å². The Bertz CT molecular complexity index is 351. The summed E-state index contributed by atoms with van der Waals surface area (Å²) in [5.74, 6) is 2.48. The predicted octanol–water partition coefficient (Wildman–Crippen LogP) is 3.62. The molecule has 1 saturated heterocycles. The lowest BCUT2D eigenvalue weighted by Gasteiger charge is -2.35. The maximum absolute atomic E-state index is 13.0. The van der Waals surface area contributed by atoms with E-state index in [0.29, 0.717) is 17.9 Å². The Balaban J connectivity index is 0.00000176. The van der Waals surface area contributed by atoms with E-state index in [2.05, 4.69) is 17.1 Å². The van der Waals surface area contributed by atoms with Crippen LogP contribution in [0, 0.1) is 17.8 Å². The van der Waals surface area contributed by atoms with Gasteiger partial charge in [0.2, 0.25) is 5.91 Å². The molecule has 3 aliphatic rings. The molecule has 2 unspecified atom stereocenters. The van der Waals surface area contributed by atoms with Gasteiger partial charge in [0.25, 0.3) is 0 Å². The van der Waals surface area contributed by atoms with Crippen molar-refractivity contribution >= 4 is 18.3 Å². The van der Waals surface area contributed by atoms with Gasteiger partial charge in [-0.2, -0.15) is 0 Å². The van der Waals surface area contributed by atoms with Crippen molar-refractivity contribution in [2.24, 2.45) is 17.8 Å². The molecule has 1 aliphatic heterocycles. The zero-order valence-electron chi connectivity index (χ0n) is 14.1. The molecule has 2 aliphatic carbocycles. The molecule has 2 saturated carbocycles. The highest BCUT2D eigenvalue weighted by Gasteiger charge is 2.49. The van der Waals surface area contributed by atoms with Gasteiger partial charge in [0.05, 0.1) is 0 Å². The molecule has 22 heavy (non-hydrogen) atoms. The average molecular weight is 329 g/mol. The van der Waals surface area contributed by atoms with Crippen LogP contribution >= 0.6 is 12.4 Å². The molecular weight excluding hydrogens is 296 g/mol. The van der Waals surface area contributed by atoms with Crippen LogP contribution in [0.1, 0.15) is 64.7 Å². The van der Waals surface area contributed by atoms with Gasteiger partial charge in [-0.15, -0.1) is 12.4 Å². The largest absolute Gasteiger partial charge is 0.339 e. The second-order valence-corrected chi connectivity index (χ2v) is 7.42. The third-order valence-corrected chi connectivity index (χ3v) is 5.91. The van der Waals surface area contributed by atoms with Crippen LogP contribution in [0.5, 0.6) is 0 Å². The normalized spacial score (nSPS) is 29.7. The molecule has 1 amide bonds. The maximum atomic E-state index is 13.0. The summed E-state index contributed by atoms with van der Waals surface area (Å²) in [6.07, 6.45) is 11.6. The molecule has 3 fully saturated rings. The van der Waals surface area contributed by atoms with Crippen molar-refractivity contribution in [3.05, 3.63) is 0 Å². The molecule has 0 bridgehead atoms. The third-order valence-electron chi connectivity index (χ3n) is 5.91. The summed E-state index contributed by atoms with van der Waals surface area (Å²) in [7, 11) is 0. The zero-order chi connectivity index (χ0) is 14.7. The highest BCUT2D eigenvalue weighted by Crippen LogP contribution is 2.50. The van der Waals surface area contributed by atoms with E-state index in [9.17, 15) is 4.79 Å². The van der Waals surface area contributed by atoms with Crippen LogP contribution in [0.25, 0.3) is 0 Å². The van der Waals surface area contributed by atoms with Crippen molar-refractivity contribution in [2.45, 2.75) is 70.8 Å². The molecule has 128 valence electrons. The summed E-state index contributed by atoms with van der Waals surface area (Å²) in [6, 6.07) is 0.506. The van der Waals surface area contributed by atoms with Crippen molar-refractivity contribution in [1.29, 1.82) is 0 Å². The Morgan fingerprint density at radius 2 is 1.77 bits per heavy atom. The predicted molar refractivity (Wildman–Crippen MR) is 93.3 cm³/mol. The lowest BCUT2D eigenvalue weighted by molar-refractivity contribution is -0.136. The average Bonchev–Trinajstić information content (AvgIpc) is 3.34. The monoisotopic (exact) mass is 328 g/mol. The van der Waals surface area contributed by atoms with Crippen LogP contribution in [-0.4, -0.2) is 36.5 Å². The first-order valence-corrected chi connectivity index (χ1v) is 9.32. The summed E-state index contributed by atoms with van der Waals surface area (Å²) < 4.78 is 0. The lowest BCUT2D eigenvalue weighted by Crippen LogP contribution is -2.47. The number of carbonyl (C=O) groups excluding carboxylic acids is 1. The fourth-order valence-electron chi connectivity index (χ4n) is 4.63. The Morgan fingerprint density at radius 1 is 1.09 bits per heavy atom. The number of rotatable bonds is 5. The van der Waals surface area contributed by atoms with Gasteiger partial charge in [-0.25, -0.2) is 0 Å². The van der Waals surface area contributed by atoms with Gasteiger partial charge < -0.3 is 10.2 Å². The van der Waals surface area contributed by atoms with E-state index in [1.807, 2.05) is 0 Å². The minimum Gasteiger partial charge on any atom is -0.339 e. The number of hydrogen-bond acceptors (Lipinski definition) is 2. The molecule has 4 heteroatoms. The van der Waals surface area contributed by atoms with Gasteiger partial charge in [0, 0.05) is 18.5 Å². The minimum atomic E-state index is 0. The number of piperidine rings is 1. The topological polar surface area (TPSA) is 32.3 Å². The SMILES string of the molecule is CCCN(C(=O)C1CC1C1CCCCC1)C1CCNCC1.Cl. The first-order valence-electron chi connectivity index (χ1n) is 9.32. The minimum absolute atomic E-state index is 0. The molecule has 3 rings (SSSR count). The van der Waals surface area contributed by atoms with Crippen LogP contribution in [0.4, 0.5) is 0 Å². The van der Waals surface area contributed by atoms with E-state index >= 15 is 0 Å². The summed E-state index contributed by atoms with van der Waals surface area (Å²) in [4.78, 5) is 15.2. The van der Waals surface area contributed by atoms with Crippen LogP contribution in [0.2, 0.25) is 0 Å². The van der Waals surface area contributed by atoms with Crippen LogP contribution in [0.15, 0.2) is 0 Å². The van der Waals surface area contributed by atoms with E-state index in [1.54, 1.807) is 0 Å². The summed E-state index contributed by atoms with van der Waals surface area (Å²) >= 11 is 0. The van der Waals surface area contributed by atoms with Gasteiger partial charge in [0.1, 0.15) is 0 Å². The Labute approximate surface area is 142 Å². The molecule has 0 radical (unpaired) electrons. The lowest BCUT2D eigenvalue weighted by atomic mass is 9.85. The van der Waals surface area contributed by atoms with Crippen molar-refractivity contribution in [1.82, 2.24) is 10.2 Å². The molecule has 1 N–H and O–H groups in total. The quantitative estimate of drug-likeness (QED) is 0.836. The van der Waals surface area contributed by atoms with Crippen LogP contribution in [0.3, 0.4) is 0 Å². The van der Waals surface area contributed by atoms with Crippen LogP contribution in [-0.2, 0) is 4.79 Å². The van der Waals surface area contributed by atoms with Gasteiger partial charge in [-0.05, 0) is 50.6 Å². The Hall–Kier alpha value is -0.280. The fraction of sp³-hybridized carbons (Fsp3) is 0.944. The standard InChI is InChI=1S/C18H32N2O.ClH/c1-2-12-20(15-8-10-19-11-9-15)18(21)17-13-16(17)14-6-4-3-5-7-14;/h14-17,19H,2-13H2,1H3;1H. The second kappa shape index (κ2) is 8.54. The number of nitrogens with one attached hydrogen (secondary N) is 1. The van der Waals surface area contributed by atoms with Crippen molar-refractivity contribution in [3.8, 4) is 0 Å². The van der Waals surface area contributed by atoms with E-state index in [0.717, 1.165) is 50.7 Å². The number of nitrogens with zero attached hydrogens (tertiary/aromatic N) is 1. The van der Waals surface area contributed by atoms with Crippen molar-refractivity contribution in [3.63, 3.8) is 0 Å². The summed E-state index contributed by atoms with van der Waals surface area (Å²) in [5, 5.41) is 3.42. The highest BCUT2D eigenvalue weighted by molar-refractivity contribution is 5.85. The first-order chi connectivity index (χ1) is 10.3. The number of amides is 1. The van der Waals surface area contributed by atoms with Crippen molar-refractivity contribution < 1.29 is 4.79 Å². The van der Waals surface area contributed by atoms with Gasteiger partial charge in [-0.1, -0.05) is 39.0 Å². The molecule has 0 spiro atoms. The maximum Gasteiger partial charge on any atom is 0.226 e. The smallest absolute Gasteiger partial charge is 0.226 e. The molecule has 3 nitrogen and oxygen atoms in total. The van der Waals surface area contributed by atoms with E-state index in [-0.39, 0.29) is 12.4 Å². The second-order valence-electron chi connectivity index (χ2n) is 7.42. The molecule has 0 aromatic rings. The van der Waals surface area contributed by atoms with E-state index in [1.165, 1.54) is 38.5 Å². The zero-order valence-corrected chi connectivity index (χ0v) is 14.9. The van der Waals surface area contributed by atoms with E-state index < -0.39 is 0 Å².